The molecule has 0 unspecified atom stereocenters. The van der Waals surface area contributed by atoms with Crippen LogP contribution in [-0.2, 0) is 0 Å². The van der Waals surface area contributed by atoms with Crippen molar-refractivity contribution in [2.75, 3.05) is 4.90 Å². The SMILES string of the molecule is c1ccc(-c2nc3cc4oc5ccc(-c6ccc(N(c7ccccc7)c7cccc8oc9ccccc9c78)cc6)cc5c4cc3o2)cc1. The molecule has 0 atom stereocenters. The Morgan fingerprint density at radius 2 is 1.06 bits per heavy atom. The van der Waals surface area contributed by atoms with Crippen LogP contribution in [-0.4, -0.2) is 4.98 Å². The van der Waals surface area contributed by atoms with E-state index in [0.29, 0.717) is 5.89 Å². The Morgan fingerprint density at radius 3 is 1.92 bits per heavy atom. The van der Waals surface area contributed by atoms with Gasteiger partial charge in [-0.05, 0) is 83.9 Å². The summed E-state index contributed by atoms with van der Waals surface area (Å²) in [7, 11) is 0. The van der Waals surface area contributed by atoms with Crippen LogP contribution < -0.4 is 4.90 Å². The Hall–Kier alpha value is -6.59. The Labute approximate surface area is 274 Å². The molecule has 0 saturated heterocycles. The van der Waals surface area contributed by atoms with Gasteiger partial charge in [0.2, 0.25) is 5.89 Å². The summed E-state index contributed by atoms with van der Waals surface area (Å²) in [4.78, 5) is 7.03. The third-order valence-corrected chi connectivity index (χ3v) is 9.09. The maximum absolute atomic E-state index is 6.28. The number of anilines is 3. The first-order chi connectivity index (χ1) is 23.8. The van der Waals surface area contributed by atoms with Crippen LogP contribution in [0, 0.1) is 0 Å². The van der Waals surface area contributed by atoms with E-state index in [1.165, 1.54) is 0 Å². The fourth-order valence-corrected chi connectivity index (χ4v) is 6.83. The van der Waals surface area contributed by atoms with E-state index >= 15 is 0 Å². The van der Waals surface area contributed by atoms with E-state index in [1.807, 2.05) is 72.8 Å². The monoisotopic (exact) mass is 618 g/mol. The van der Waals surface area contributed by atoms with E-state index < -0.39 is 0 Å². The van der Waals surface area contributed by atoms with Gasteiger partial charge >= 0.3 is 0 Å². The van der Waals surface area contributed by atoms with Gasteiger partial charge in [-0.1, -0.05) is 78.9 Å². The number of nitrogens with zero attached hydrogens (tertiary/aromatic N) is 2. The summed E-state index contributed by atoms with van der Waals surface area (Å²) in [5.41, 5.74) is 11.2. The van der Waals surface area contributed by atoms with Crippen molar-refractivity contribution in [1.29, 1.82) is 0 Å². The van der Waals surface area contributed by atoms with Crippen LogP contribution in [0.3, 0.4) is 0 Å². The van der Waals surface area contributed by atoms with Gasteiger partial charge < -0.3 is 18.2 Å². The van der Waals surface area contributed by atoms with E-state index in [9.17, 15) is 0 Å². The van der Waals surface area contributed by atoms with E-state index in [0.717, 1.165) is 88.7 Å². The zero-order valence-corrected chi connectivity index (χ0v) is 25.6. The largest absolute Gasteiger partial charge is 0.456 e. The molecule has 0 amide bonds. The molecule has 226 valence electrons. The smallest absolute Gasteiger partial charge is 0.227 e. The van der Waals surface area contributed by atoms with Crippen molar-refractivity contribution >= 4 is 72.0 Å². The molecule has 0 fully saturated rings. The van der Waals surface area contributed by atoms with Crippen molar-refractivity contribution in [3.63, 3.8) is 0 Å². The molecule has 10 aromatic rings. The number of fused-ring (bicyclic) bond motifs is 7. The Kier molecular flexibility index (Phi) is 5.81. The van der Waals surface area contributed by atoms with Gasteiger partial charge in [-0.25, -0.2) is 4.98 Å². The van der Waals surface area contributed by atoms with E-state index in [2.05, 4.69) is 89.8 Å². The van der Waals surface area contributed by atoms with Crippen LogP contribution in [0.5, 0.6) is 0 Å². The van der Waals surface area contributed by atoms with Gasteiger partial charge in [0, 0.05) is 39.2 Å². The molecule has 0 N–H and O–H groups in total. The number of hydrogen-bond donors (Lipinski definition) is 0. The molecule has 5 nitrogen and oxygen atoms in total. The molecule has 0 aliphatic rings. The second-order valence-electron chi connectivity index (χ2n) is 12.0. The summed E-state index contributed by atoms with van der Waals surface area (Å²) in [5.74, 6) is 0.602. The van der Waals surface area contributed by atoms with Gasteiger partial charge in [-0.3, -0.25) is 0 Å². The normalized spacial score (nSPS) is 11.8. The molecule has 48 heavy (non-hydrogen) atoms. The first kappa shape index (κ1) is 26.6. The zero-order chi connectivity index (χ0) is 31.6. The summed E-state index contributed by atoms with van der Waals surface area (Å²) in [6.07, 6.45) is 0. The summed E-state index contributed by atoms with van der Waals surface area (Å²) in [6, 6.07) is 54.0. The molecule has 7 aromatic carbocycles. The highest BCUT2D eigenvalue weighted by Crippen LogP contribution is 2.43. The standard InChI is InChI=1S/C43H26N2O3/c1-3-10-28(11-4-1)43-44-35-26-40-34(25-41(35)48-43)33-24-29(20-23-38(33)47-40)27-18-21-31(22-19-27)45(30-12-5-2-6-13-30)36-15-9-17-39-42(36)32-14-7-8-16-37(32)46-39/h1-26H. The Morgan fingerprint density at radius 1 is 0.396 bits per heavy atom. The Bertz CT molecular complexity index is 2770. The molecule has 0 radical (unpaired) electrons. The summed E-state index contributed by atoms with van der Waals surface area (Å²) >= 11 is 0. The van der Waals surface area contributed by atoms with Gasteiger partial charge in [-0.2, -0.15) is 0 Å². The lowest BCUT2D eigenvalue weighted by Gasteiger charge is -2.26. The highest BCUT2D eigenvalue weighted by atomic mass is 16.4. The minimum Gasteiger partial charge on any atom is -0.456 e. The van der Waals surface area contributed by atoms with Crippen molar-refractivity contribution < 1.29 is 13.3 Å². The van der Waals surface area contributed by atoms with Gasteiger partial charge in [0.15, 0.2) is 5.58 Å². The molecular weight excluding hydrogens is 592 g/mol. The fourth-order valence-electron chi connectivity index (χ4n) is 6.83. The summed E-state index contributed by atoms with van der Waals surface area (Å²) in [5, 5.41) is 4.23. The van der Waals surface area contributed by atoms with Crippen LogP contribution in [0.25, 0.3) is 77.6 Å². The zero-order valence-electron chi connectivity index (χ0n) is 25.6. The highest BCUT2D eigenvalue weighted by molar-refractivity contribution is 6.13. The number of furan rings is 2. The van der Waals surface area contributed by atoms with Crippen molar-refractivity contribution in [3.8, 4) is 22.6 Å². The molecular formula is C43H26N2O3. The number of para-hydroxylation sites is 2. The van der Waals surface area contributed by atoms with Crippen LogP contribution in [0.4, 0.5) is 17.1 Å². The third-order valence-electron chi connectivity index (χ3n) is 9.09. The lowest BCUT2D eigenvalue weighted by molar-refractivity contribution is 0.620. The van der Waals surface area contributed by atoms with Crippen LogP contribution in [0.1, 0.15) is 0 Å². The molecule has 3 aromatic heterocycles. The lowest BCUT2D eigenvalue weighted by Crippen LogP contribution is -2.10. The first-order valence-corrected chi connectivity index (χ1v) is 15.9. The van der Waals surface area contributed by atoms with Crippen LogP contribution in [0.2, 0.25) is 0 Å². The maximum atomic E-state index is 6.28. The minimum atomic E-state index is 0.602. The summed E-state index contributed by atoms with van der Waals surface area (Å²) in [6.45, 7) is 0. The van der Waals surface area contributed by atoms with Gasteiger partial charge in [-0.15, -0.1) is 0 Å². The molecule has 10 rings (SSSR count). The number of oxazole rings is 1. The number of benzene rings is 7. The average molecular weight is 619 g/mol. The third kappa shape index (κ3) is 4.22. The second-order valence-corrected chi connectivity index (χ2v) is 12.0. The molecule has 3 heterocycles. The van der Waals surface area contributed by atoms with Crippen molar-refractivity contribution in [3.05, 3.63) is 158 Å². The average Bonchev–Trinajstić information content (AvgIpc) is 3.84. The van der Waals surface area contributed by atoms with Crippen molar-refractivity contribution in [2.24, 2.45) is 0 Å². The maximum Gasteiger partial charge on any atom is 0.227 e. The first-order valence-electron chi connectivity index (χ1n) is 15.9. The number of rotatable bonds is 5. The van der Waals surface area contributed by atoms with E-state index in [-0.39, 0.29) is 0 Å². The van der Waals surface area contributed by atoms with Crippen LogP contribution >= 0.6 is 0 Å². The van der Waals surface area contributed by atoms with Gasteiger partial charge in [0.25, 0.3) is 0 Å². The molecule has 0 bridgehead atoms. The van der Waals surface area contributed by atoms with E-state index in [1.54, 1.807) is 0 Å². The number of aromatic nitrogens is 1. The van der Waals surface area contributed by atoms with Gasteiger partial charge in [0.05, 0.1) is 11.1 Å². The molecule has 0 saturated carbocycles. The topological polar surface area (TPSA) is 55.6 Å². The quantitative estimate of drug-likeness (QED) is 0.192. The highest BCUT2D eigenvalue weighted by Gasteiger charge is 2.19. The number of hydrogen-bond acceptors (Lipinski definition) is 5. The summed E-state index contributed by atoms with van der Waals surface area (Å²) < 4.78 is 18.7. The minimum absolute atomic E-state index is 0.602. The predicted octanol–water partition coefficient (Wildman–Crippen LogP) is 12.4. The molecule has 0 spiro atoms. The van der Waals surface area contributed by atoms with Gasteiger partial charge in [0.1, 0.15) is 27.8 Å². The van der Waals surface area contributed by atoms with Crippen molar-refractivity contribution in [1.82, 2.24) is 4.98 Å². The van der Waals surface area contributed by atoms with Crippen LogP contribution in [0.15, 0.2) is 171 Å². The molecule has 0 aliphatic heterocycles. The van der Waals surface area contributed by atoms with Crippen molar-refractivity contribution in [2.45, 2.75) is 0 Å². The Balaban J connectivity index is 1.06. The fraction of sp³-hybridized carbons (Fsp3) is 0. The predicted molar refractivity (Wildman–Crippen MR) is 194 cm³/mol. The lowest BCUT2D eigenvalue weighted by atomic mass is 10.0. The van der Waals surface area contributed by atoms with E-state index in [4.69, 9.17) is 18.2 Å². The molecule has 0 aliphatic carbocycles. The molecule has 5 heteroatoms. The second kappa shape index (κ2) is 10.5.